The summed E-state index contributed by atoms with van der Waals surface area (Å²) in [5.41, 5.74) is 0.0185. The number of hydrogen-bond donors (Lipinski definition) is 4. The monoisotopic (exact) mass is 426 g/mol. The van der Waals surface area contributed by atoms with Gasteiger partial charge in [-0.3, -0.25) is 4.79 Å². The van der Waals surface area contributed by atoms with E-state index in [1.807, 2.05) is 13.0 Å². The van der Waals surface area contributed by atoms with Crippen molar-refractivity contribution in [3.63, 3.8) is 0 Å². The lowest BCUT2D eigenvalue weighted by molar-refractivity contribution is -0.381. The van der Waals surface area contributed by atoms with E-state index in [4.69, 9.17) is 4.74 Å². The number of aliphatic hydroxyl groups is 4. The first kappa shape index (κ1) is 25.5. The minimum absolute atomic E-state index is 0.0819. The van der Waals surface area contributed by atoms with Crippen molar-refractivity contribution in [1.29, 1.82) is 0 Å². The van der Waals surface area contributed by atoms with Crippen LogP contribution in [0.3, 0.4) is 0 Å². The predicted octanol–water partition coefficient (Wildman–Crippen LogP) is 2.96. The van der Waals surface area contributed by atoms with Crippen molar-refractivity contribution in [2.75, 3.05) is 6.61 Å². The van der Waals surface area contributed by atoms with Gasteiger partial charge in [-0.05, 0) is 42.6 Å². The zero-order valence-electron chi connectivity index (χ0n) is 19.3. The molecule has 1 aliphatic carbocycles. The van der Waals surface area contributed by atoms with E-state index in [0.29, 0.717) is 12.8 Å². The fourth-order valence-electron chi connectivity index (χ4n) is 5.49. The number of fused-ring (bicyclic) bond motifs is 1. The van der Waals surface area contributed by atoms with Crippen LogP contribution >= 0.6 is 0 Å². The second-order valence-corrected chi connectivity index (χ2v) is 10.5. The van der Waals surface area contributed by atoms with Crippen LogP contribution in [-0.4, -0.2) is 56.9 Å². The standard InChI is InChI=1S/C24H42O6/c1-6-9-16(26)11-13-22(3,4)15-23(5,7-2)12-8-10-18-19-21(28)20(27)17(14-25)24(19,29)30-18/h11,13,17-21,25,27-29H,6-10,12,14-15H2,1-5H3. The lowest BCUT2D eigenvalue weighted by atomic mass is 9.69. The topological polar surface area (TPSA) is 107 Å². The molecular weight excluding hydrogens is 384 g/mol. The highest BCUT2D eigenvalue weighted by atomic mass is 16.7. The third-order valence-corrected chi connectivity index (χ3v) is 7.30. The molecule has 0 bridgehead atoms. The molecule has 6 heteroatoms. The van der Waals surface area contributed by atoms with Gasteiger partial charge in [0.1, 0.15) is 0 Å². The Morgan fingerprint density at radius 2 is 1.83 bits per heavy atom. The number of ketones is 1. The summed E-state index contributed by atoms with van der Waals surface area (Å²) in [5, 5.41) is 40.4. The lowest BCUT2D eigenvalue weighted by Crippen LogP contribution is -2.62. The SMILES string of the molecule is CCCC(=O)C=CC(C)(C)CC(C)(CC)CCCC1OC2(O)C(CO)C(O)C(O)C12. The van der Waals surface area contributed by atoms with Gasteiger partial charge in [0, 0.05) is 6.42 Å². The van der Waals surface area contributed by atoms with Gasteiger partial charge in [-0.1, -0.05) is 53.5 Å². The smallest absolute Gasteiger partial charge is 0.181 e. The third-order valence-electron chi connectivity index (χ3n) is 7.30. The molecule has 2 rings (SSSR count). The van der Waals surface area contributed by atoms with E-state index in [2.05, 4.69) is 27.7 Å². The number of ether oxygens (including phenoxy) is 1. The number of rotatable bonds is 12. The van der Waals surface area contributed by atoms with Gasteiger partial charge in [-0.25, -0.2) is 0 Å². The van der Waals surface area contributed by atoms with Crippen molar-refractivity contribution in [3.8, 4) is 0 Å². The molecule has 174 valence electrons. The van der Waals surface area contributed by atoms with Crippen molar-refractivity contribution in [2.45, 2.75) is 104 Å². The Morgan fingerprint density at radius 3 is 2.40 bits per heavy atom. The zero-order chi connectivity index (χ0) is 22.7. The maximum absolute atomic E-state index is 11.8. The predicted molar refractivity (Wildman–Crippen MR) is 116 cm³/mol. The van der Waals surface area contributed by atoms with Crippen LogP contribution in [0.1, 0.15) is 79.6 Å². The van der Waals surface area contributed by atoms with Gasteiger partial charge in [-0.2, -0.15) is 0 Å². The van der Waals surface area contributed by atoms with Crippen LogP contribution in [0.25, 0.3) is 0 Å². The van der Waals surface area contributed by atoms with E-state index < -0.39 is 36.4 Å². The lowest BCUT2D eigenvalue weighted by Gasteiger charge is -2.50. The van der Waals surface area contributed by atoms with Crippen molar-refractivity contribution in [3.05, 3.63) is 12.2 Å². The van der Waals surface area contributed by atoms with E-state index in [1.165, 1.54) is 0 Å². The normalized spacial score (nSPS) is 35.8. The molecule has 0 aromatic carbocycles. The second-order valence-electron chi connectivity index (χ2n) is 10.5. The highest BCUT2D eigenvalue weighted by Gasteiger charge is 2.69. The maximum atomic E-state index is 11.8. The Bertz CT molecular complexity index is 617. The summed E-state index contributed by atoms with van der Waals surface area (Å²) in [6.07, 6.45) is 7.18. The van der Waals surface area contributed by atoms with E-state index in [9.17, 15) is 25.2 Å². The highest BCUT2D eigenvalue weighted by molar-refractivity contribution is 5.89. The zero-order valence-corrected chi connectivity index (χ0v) is 19.3. The van der Waals surface area contributed by atoms with Gasteiger partial charge in [0.25, 0.3) is 0 Å². The van der Waals surface area contributed by atoms with E-state index in [0.717, 1.165) is 32.1 Å². The molecule has 0 radical (unpaired) electrons. The van der Waals surface area contributed by atoms with Gasteiger partial charge < -0.3 is 25.2 Å². The van der Waals surface area contributed by atoms with Gasteiger partial charge in [0.2, 0.25) is 0 Å². The summed E-state index contributed by atoms with van der Waals surface area (Å²) in [7, 11) is 0. The minimum atomic E-state index is -1.62. The summed E-state index contributed by atoms with van der Waals surface area (Å²) < 4.78 is 5.66. The van der Waals surface area contributed by atoms with Crippen molar-refractivity contribution < 1.29 is 30.0 Å². The van der Waals surface area contributed by atoms with Gasteiger partial charge in [-0.15, -0.1) is 0 Å². The molecular formula is C24H42O6. The van der Waals surface area contributed by atoms with E-state index in [1.54, 1.807) is 6.08 Å². The Hall–Kier alpha value is -0.790. The van der Waals surface area contributed by atoms with Crippen molar-refractivity contribution in [2.24, 2.45) is 22.7 Å². The first-order valence-electron chi connectivity index (χ1n) is 11.5. The number of hydrogen-bond acceptors (Lipinski definition) is 6. The molecule has 6 nitrogen and oxygen atoms in total. The Labute approximate surface area is 181 Å². The molecule has 0 spiro atoms. The molecule has 1 saturated carbocycles. The van der Waals surface area contributed by atoms with Gasteiger partial charge in [0.05, 0.1) is 36.8 Å². The molecule has 0 amide bonds. The van der Waals surface area contributed by atoms with Crippen LogP contribution in [0.5, 0.6) is 0 Å². The average molecular weight is 427 g/mol. The number of carbonyl (C=O) groups is 1. The summed E-state index contributed by atoms with van der Waals surface area (Å²) in [5.74, 6) is -2.86. The second kappa shape index (κ2) is 9.78. The van der Waals surface area contributed by atoms with Crippen LogP contribution in [0.15, 0.2) is 12.2 Å². The first-order chi connectivity index (χ1) is 13.9. The highest BCUT2D eigenvalue weighted by Crippen LogP contribution is 2.54. The maximum Gasteiger partial charge on any atom is 0.181 e. The molecule has 7 atom stereocenters. The Kier molecular flexibility index (Phi) is 8.30. The van der Waals surface area contributed by atoms with Crippen LogP contribution < -0.4 is 0 Å². The van der Waals surface area contributed by atoms with Gasteiger partial charge >= 0.3 is 0 Å². The van der Waals surface area contributed by atoms with Gasteiger partial charge in [0.15, 0.2) is 11.6 Å². The summed E-state index contributed by atoms with van der Waals surface area (Å²) in [6.45, 7) is 10.4. The quantitative estimate of drug-likeness (QED) is 0.358. The molecule has 0 aromatic rings. The first-order valence-corrected chi connectivity index (χ1v) is 11.5. The molecule has 2 aliphatic rings. The minimum Gasteiger partial charge on any atom is -0.396 e. The third kappa shape index (κ3) is 5.33. The number of aliphatic hydroxyl groups excluding tert-OH is 3. The van der Waals surface area contributed by atoms with E-state index >= 15 is 0 Å². The van der Waals surface area contributed by atoms with Crippen molar-refractivity contribution >= 4 is 5.78 Å². The molecule has 2 fully saturated rings. The summed E-state index contributed by atoms with van der Waals surface area (Å²) >= 11 is 0. The van der Waals surface area contributed by atoms with E-state index in [-0.39, 0.29) is 22.7 Å². The largest absolute Gasteiger partial charge is 0.396 e. The fourth-order valence-corrected chi connectivity index (χ4v) is 5.49. The number of allylic oxidation sites excluding steroid dienone is 2. The van der Waals surface area contributed by atoms with Crippen LogP contribution in [0.4, 0.5) is 0 Å². The Morgan fingerprint density at radius 1 is 1.17 bits per heavy atom. The van der Waals surface area contributed by atoms with Crippen LogP contribution in [0.2, 0.25) is 0 Å². The Balaban J connectivity index is 1.89. The summed E-state index contributed by atoms with van der Waals surface area (Å²) in [4.78, 5) is 11.8. The number of carbonyl (C=O) groups excluding carboxylic acids is 1. The molecule has 0 aromatic heterocycles. The molecule has 7 unspecified atom stereocenters. The molecule has 4 N–H and O–H groups in total. The molecule has 1 aliphatic heterocycles. The van der Waals surface area contributed by atoms with Crippen molar-refractivity contribution in [1.82, 2.24) is 0 Å². The average Bonchev–Trinajstić information content (AvgIpc) is 2.79. The molecule has 1 saturated heterocycles. The van der Waals surface area contributed by atoms with Crippen LogP contribution in [0, 0.1) is 22.7 Å². The molecule has 30 heavy (non-hydrogen) atoms. The fraction of sp³-hybridized carbons (Fsp3) is 0.875. The van der Waals surface area contributed by atoms with Crippen LogP contribution in [-0.2, 0) is 9.53 Å². The summed E-state index contributed by atoms with van der Waals surface area (Å²) in [6, 6.07) is 0. The molecule has 1 heterocycles.